The fraction of sp³-hybridized carbons (Fsp3) is 0.353. The molecule has 0 fully saturated rings. The molecule has 0 saturated carbocycles. The lowest BCUT2D eigenvalue weighted by Crippen LogP contribution is -2.09. The summed E-state index contributed by atoms with van der Waals surface area (Å²) in [5.74, 6) is 1.01. The Balaban J connectivity index is 1.64. The lowest BCUT2D eigenvalue weighted by atomic mass is 10.2. The van der Waals surface area contributed by atoms with Crippen molar-refractivity contribution >= 4 is 11.5 Å². The summed E-state index contributed by atoms with van der Waals surface area (Å²) in [5, 5.41) is 7.81. The van der Waals surface area contributed by atoms with Gasteiger partial charge in [-0.15, -0.1) is 0 Å². The minimum absolute atomic E-state index is 0.890. The van der Waals surface area contributed by atoms with Crippen molar-refractivity contribution < 1.29 is 0 Å². The molecule has 114 valence electrons. The average Bonchev–Trinajstić information content (AvgIpc) is 3.01. The number of aromatic nitrogens is 4. The summed E-state index contributed by atoms with van der Waals surface area (Å²) < 4.78 is 1.86. The molecular weight excluding hydrogens is 274 g/mol. The first-order valence-electron chi connectivity index (χ1n) is 7.84. The number of pyridine rings is 1. The van der Waals surface area contributed by atoms with Gasteiger partial charge in [-0.1, -0.05) is 19.4 Å². The predicted octanol–water partition coefficient (Wildman–Crippen LogP) is 3.12. The van der Waals surface area contributed by atoms with Gasteiger partial charge in [-0.25, -0.2) is 4.98 Å². The molecule has 0 unspecified atom stereocenters. The molecule has 3 rings (SSSR count). The highest BCUT2D eigenvalue weighted by molar-refractivity contribution is 5.49. The van der Waals surface area contributed by atoms with E-state index in [0.717, 1.165) is 55.1 Å². The van der Waals surface area contributed by atoms with Crippen LogP contribution in [-0.2, 0) is 12.8 Å². The van der Waals surface area contributed by atoms with E-state index in [0.29, 0.717) is 0 Å². The van der Waals surface area contributed by atoms with E-state index in [9.17, 15) is 0 Å². The van der Waals surface area contributed by atoms with Crippen molar-refractivity contribution in [3.63, 3.8) is 0 Å². The van der Waals surface area contributed by atoms with Crippen molar-refractivity contribution in [1.82, 2.24) is 19.6 Å². The number of rotatable bonds is 7. The standard InChI is InChI=1S/C17H21N5/c1-2-6-15-13-17(22-16(21-15)9-12-20-22)19-11-5-8-14-7-3-4-10-18-14/h3-4,7,9-10,12-13,19H,2,5-6,8,11H2,1H3. The van der Waals surface area contributed by atoms with Crippen LogP contribution < -0.4 is 5.32 Å². The average molecular weight is 295 g/mol. The molecule has 5 heteroatoms. The van der Waals surface area contributed by atoms with E-state index in [1.54, 1.807) is 6.20 Å². The molecule has 0 aliphatic rings. The van der Waals surface area contributed by atoms with Crippen LogP contribution in [0, 0.1) is 0 Å². The van der Waals surface area contributed by atoms with Crippen molar-refractivity contribution in [3.05, 3.63) is 54.1 Å². The first-order chi connectivity index (χ1) is 10.9. The molecule has 0 atom stereocenters. The Morgan fingerprint density at radius 3 is 2.86 bits per heavy atom. The van der Waals surface area contributed by atoms with Crippen molar-refractivity contribution in [1.29, 1.82) is 0 Å². The van der Waals surface area contributed by atoms with Crippen molar-refractivity contribution in [2.24, 2.45) is 0 Å². The van der Waals surface area contributed by atoms with Crippen LogP contribution in [0.4, 0.5) is 5.82 Å². The number of nitrogens with one attached hydrogen (secondary N) is 1. The Hall–Kier alpha value is -2.43. The minimum Gasteiger partial charge on any atom is -0.370 e. The highest BCUT2D eigenvalue weighted by Crippen LogP contribution is 2.13. The highest BCUT2D eigenvalue weighted by Gasteiger charge is 2.05. The molecule has 3 heterocycles. The quantitative estimate of drug-likeness (QED) is 0.680. The molecular formula is C17H21N5. The second-order valence-corrected chi connectivity index (χ2v) is 5.34. The van der Waals surface area contributed by atoms with E-state index in [1.807, 2.05) is 28.9 Å². The van der Waals surface area contributed by atoms with Gasteiger partial charge in [-0.2, -0.15) is 9.61 Å². The van der Waals surface area contributed by atoms with Crippen LogP contribution in [0.3, 0.4) is 0 Å². The summed E-state index contributed by atoms with van der Waals surface area (Å²) in [6.45, 7) is 3.06. The molecule has 0 spiro atoms. The SMILES string of the molecule is CCCc1cc(NCCCc2ccccn2)n2nccc2n1. The summed E-state index contributed by atoms with van der Waals surface area (Å²) in [6.07, 6.45) is 7.72. The molecule has 5 nitrogen and oxygen atoms in total. The van der Waals surface area contributed by atoms with Crippen molar-refractivity contribution in [2.45, 2.75) is 32.6 Å². The topological polar surface area (TPSA) is 55.1 Å². The Morgan fingerprint density at radius 1 is 1.09 bits per heavy atom. The monoisotopic (exact) mass is 295 g/mol. The molecule has 3 aromatic heterocycles. The van der Waals surface area contributed by atoms with Crippen molar-refractivity contribution in [3.8, 4) is 0 Å². The number of anilines is 1. The molecule has 0 aliphatic heterocycles. The van der Waals surface area contributed by atoms with E-state index in [2.05, 4.69) is 39.4 Å². The molecule has 0 aromatic carbocycles. The van der Waals surface area contributed by atoms with Gasteiger partial charge in [-0.05, 0) is 31.4 Å². The number of nitrogens with zero attached hydrogens (tertiary/aromatic N) is 4. The van der Waals surface area contributed by atoms with Gasteiger partial charge in [0, 0.05) is 36.3 Å². The van der Waals surface area contributed by atoms with Gasteiger partial charge in [-0.3, -0.25) is 4.98 Å². The second-order valence-electron chi connectivity index (χ2n) is 5.34. The third-order valence-corrected chi connectivity index (χ3v) is 3.56. The summed E-state index contributed by atoms with van der Waals surface area (Å²) in [4.78, 5) is 8.96. The molecule has 0 amide bonds. The fourth-order valence-corrected chi connectivity index (χ4v) is 2.51. The first-order valence-corrected chi connectivity index (χ1v) is 7.84. The molecule has 0 saturated heterocycles. The van der Waals surface area contributed by atoms with Crippen LogP contribution in [-0.4, -0.2) is 26.1 Å². The number of fused-ring (bicyclic) bond motifs is 1. The molecule has 3 aromatic rings. The Kier molecular flexibility index (Phi) is 4.63. The van der Waals surface area contributed by atoms with E-state index < -0.39 is 0 Å². The molecule has 0 aliphatic carbocycles. The zero-order valence-corrected chi connectivity index (χ0v) is 12.9. The Morgan fingerprint density at radius 2 is 2.05 bits per heavy atom. The first kappa shape index (κ1) is 14.5. The third-order valence-electron chi connectivity index (χ3n) is 3.56. The van der Waals surface area contributed by atoms with E-state index >= 15 is 0 Å². The maximum Gasteiger partial charge on any atom is 0.157 e. The molecule has 22 heavy (non-hydrogen) atoms. The van der Waals surface area contributed by atoms with E-state index in [-0.39, 0.29) is 0 Å². The lowest BCUT2D eigenvalue weighted by molar-refractivity contribution is 0.815. The van der Waals surface area contributed by atoms with Gasteiger partial charge in [0.05, 0.1) is 6.20 Å². The van der Waals surface area contributed by atoms with Gasteiger partial charge < -0.3 is 5.32 Å². The van der Waals surface area contributed by atoms with Gasteiger partial charge >= 0.3 is 0 Å². The van der Waals surface area contributed by atoms with Crippen LogP contribution >= 0.6 is 0 Å². The lowest BCUT2D eigenvalue weighted by Gasteiger charge is -2.10. The number of hydrogen-bond donors (Lipinski definition) is 1. The third kappa shape index (κ3) is 3.42. The maximum absolute atomic E-state index is 4.61. The van der Waals surface area contributed by atoms with Crippen LogP contribution in [0.25, 0.3) is 5.65 Å². The summed E-state index contributed by atoms with van der Waals surface area (Å²) >= 11 is 0. The second kappa shape index (κ2) is 7.02. The van der Waals surface area contributed by atoms with Gasteiger partial charge in [0.1, 0.15) is 5.82 Å². The van der Waals surface area contributed by atoms with Gasteiger partial charge in [0.25, 0.3) is 0 Å². The molecule has 0 radical (unpaired) electrons. The van der Waals surface area contributed by atoms with E-state index in [4.69, 9.17) is 0 Å². The Labute approximate surface area is 130 Å². The predicted molar refractivity (Wildman–Crippen MR) is 88.0 cm³/mol. The van der Waals surface area contributed by atoms with Crippen molar-refractivity contribution in [2.75, 3.05) is 11.9 Å². The minimum atomic E-state index is 0.890. The van der Waals surface area contributed by atoms with Gasteiger partial charge in [0.2, 0.25) is 0 Å². The number of aryl methyl sites for hydroxylation is 2. The normalized spacial score (nSPS) is 11.0. The van der Waals surface area contributed by atoms with Crippen LogP contribution in [0.1, 0.15) is 31.2 Å². The number of hydrogen-bond acceptors (Lipinski definition) is 4. The summed E-state index contributed by atoms with van der Waals surface area (Å²) in [5.41, 5.74) is 3.15. The molecule has 0 bridgehead atoms. The highest BCUT2D eigenvalue weighted by atomic mass is 15.3. The fourth-order valence-electron chi connectivity index (χ4n) is 2.51. The Bertz CT molecular complexity index is 720. The zero-order chi connectivity index (χ0) is 15.2. The molecule has 1 N–H and O–H groups in total. The smallest absolute Gasteiger partial charge is 0.157 e. The van der Waals surface area contributed by atoms with Crippen LogP contribution in [0.2, 0.25) is 0 Å². The van der Waals surface area contributed by atoms with Crippen LogP contribution in [0.15, 0.2) is 42.7 Å². The van der Waals surface area contributed by atoms with E-state index in [1.165, 1.54) is 0 Å². The largest absolute Gasteiger partial charge is 0.370 e. The summed E-state index contributed by atoms with van der Waals surface area (Å²) in [7, 11) is 0. The van der Waals surface area contributed by atoms with Gasteiger partial charge in [0.15, 0.2) is 5.65 Å². The maximum atomic E-state index is 4.61. The van der Waals surface area contributed by atoms with Crippen LogP contribution in [0.5, 0.6) is 0 Å². The summed E-state index contributed by atoms with van der Waals surface area (Å²) in [6, 6.07) is 10.1. The zero-order valence-electron chi connectivity index (χ0n) is 12.9.